The number of hydrazine groups is 1. The number of benzene rings is 3. The average Bonchev–Trinajstić information content (AvgIpc) is 2.81. The Balaban J connectivity index is 1.46. The zero-order chi connectivity index (χ0) is 23.4. The fourth-order valence-electron chi connectivity index (χ4n) is 3.26. The van der Waals surface area contributed by atoms with Crippen LogP contribution in [-0.4, -0.2) is 28.0 Å². The molecule has 0 aliphatic heterocycles. The number of rotatable bonds is 5. The molecule has 4 rings (SSSR count). The summed E-state index contributed by atoms with van der Waals surface area (Å²) in [7, 11) is 0. The quantitative estimate of drug-likeness (QED) is 0.406. The lowest BCUT2D eigenvalue weighted by molar-refractivity contribution is -0.123. The summed E-state index contributed by atoms with van der Waals surface area (Å²) in [5.74, 6) is -0.630. The number of fused-ring (bicyclic) bond motifs is 1. The molecule has 2 amide bonds. The predicted octanol–water partition coefficient (Wildman–Crippen LogP) is 1.83. The van der Waals surface area contributed by atoms with E-state index in [2.05, 4.69) is 15.8 Å². The SMILES string of the molecule is Cc1cccc(OCC(=O)NNC(=O)c2ccc3c(=O)n(-c4ccccc4)c(=O)[nH]c3c2)c1. The third-order valence-corrected chi connectivity index (χ3v) is 4.85. The standard InChI is InChI=1S/C24H20N4O5/c1-15-6-5-9-18(12-15)33-14-21(29)26-27-22(30)16-10-11-19-20(13-16)25-24(32)28(23(19)31)17-7-3-2-4-8-17/h2-13H,14H2,1H3,(H,25,32)(H,26,29)(H,27,30). The molecule has 0 atom stereocenters. The second kappa shape index (κ2) is 9.23. The number of carbonyl (C=O) groups is 2. The highest BCUT2D eigenvalue weighted by Crippen LogP contribution is 2.12. The zero-order valence-electron chi connectivity index (χ0n) is 17.6. The first kappa shape index (κ1) is 21.6. The molecular formula is C24H20N4O5. The number of ether oxygens (including phenoxy) is 1. The molecule has 1 heterocycles. The molecule has 0 radical (unpaired) electrons. The van der Waals surface area contributed by atoms with Crippen molar-refractivity contribution in [2.45, 2.75) is 6.92 Å². The second-order valence-corrected chi connectivity index (χ2v) is 7.27. The van der Waals surface area contributed by atoms with Crippen molar-refractivity contribution in [1.29, 1.82) is 0 Å². The van der Waals surface area contributed by atoms with Crippen LogP contribution in [0.25, 0.3) is 16.6 Å². The maximum absolute atomic E-state index is 12.8. The summed E-state index contributed by atoms with van der Waals surface area (Å²) in [6.07, 6.45) is 0. The van der Waals surface area contributed by atoms with Gasteiger partial charge in [0.1, 0.15) is 5.75 Å². The number of nitrogens with one attached hydrogen (secondary N) is 3. The Kier molecular flexibility index (Phi) is 6.03. The first-order valence-corrected chi connectivity index (χ1v) is 10.1. The third kappa shape index (κ3) is 4.82. The van der Waals surface area contributed by atoms with Crippen molar-refractivity contribution in [2.75, 3.05) is 6.61 Å². The van der Waals surface area contributed by atoms with E-state index in [-0.39, 0.29) is 23.1 Å². The van der Waals surface area contributed by atoms with Crippen molar-refractivity contribution in [3.8, 4) is 11.4 Å². The lowest BCUT2D eigenvalue weighted by Gasteiger charge is -2.10. The molecule has 3 aromatic carbocycles. The fourth-order valence-corrected chi connectivity index (χ4v) is 3.26. The third-order valence-electron chi connectivity index (χ3n) is 4.85. The van der Waals surface area contributed by atoms with Crippen molar-refractivity contribution in [2.24, 2.45) is 0 Å². The van der Waals surface area contributed by atoms with Gasteiger partial charge in [-0.25, -0.2) is 9.36 Å². The first-order chi connectivity index (χ1) is 15.9. The molecule has 0 fully saturated rings. The number of hydrogen-bond donors (Lipinski definition) is 3. The van der Waals surface area contributed by atoms with Crippen LogP contribution in [0.4, 0.5) is 0 Å². The molecule has 3 N–H and O–H groups in total. The van der Waals surface area contributed by atoms with Gasteiger partial charge in [0, 0.05) is 5.56 Å². The number of hydrogen-bond acceptors (Lipinski definition) is 5. The topological polar surface area (TPSA) is 122 Å². The van der Waals surface area contributed by atoms with Crippen LogP contribution in [-0.2, 0) is 4.79 Å². The minimum atomic E-state index is -0.627. The van der Waals surface area contributed by atoms with Gasteiger partial charge in [-0.15, -0.1) is 0 Å². The maximum atomic E-state index is 12.8. The lowest BCUT2D eigenvalue weighted by atomic mass is 10.1. The summed E-state index contributed by atoms with van der Waals surface area (Å²) in [4.78, 5) is 52.3. The molecule has 0 unspecified atom stereocenters. The van der Waals surface area contributed by atoms with E-state index in [0.29, 0.717) is 11.4 Å². The van der Waals surface area contributed by atoms with E-state index in [9.17, 15) is 19.2 Å². The Morgan fingerprint density at radius 2 is 1.73 bits per heavy atom. The van der Waals surface area contributed by atoms with E-state index in [0.717, 1.165) is 10.1 Å². The molecule has 4 aromatic rings. The van der Waals surface area contributed by atoms with Crippen LogP contribution >= 0.6 is 0 Å². The van der Waals surface area contributed by atoms with Gasteiger partial charge in [0.25, 0.3) is 17.4 Å². The van der Waals surface area contributed by atoms with E-state index in [1.807, 2.05) is 19.1 Å². The largest absolute Gasteiger partial charge is 0.484 e. The molecule has 9 nitrogen and oxygen atoms in total. The zero-order valence-corrected chi connectivity index (χ0v) is 17.6. The summed E-state index contributed by atoms with van der Waals surface area (Å²) in [5.41, 5.74) is 5.20. The summed E-state index contributed by atoms with van der Waals surface area (Å²) >= 11 is 0. The van der Waals surface area contributed by atoms with Crippen molar-refractivity contribution in [1.82, 2.24) is 20.4 Å². The van der Waals surface area contributed by atoms with Gasteiger partial charge in [0.15, 0.2) is 6.61 Å². The van der Waals surface area contributed by atoms with Gasteiger partial charge >= 0.3 is 5.69 Å². The normalized spacial score (nSPS) is 10.6. The molecule has 0 saturated carbocycles. The Morgan fingerprint density at radius 3 is 2.48 bits per heavy atom. The predicted molar refractivity (Wildman–Crippen MR) is 122 cm³/mol. The van der Waals surface area contributed by atoms with Crippen LogP contribution in [0.2, 0.25) is 0 Å². The van der Waals surface area contributed by atoms with E-state index >= 15 is 0 Å². The van der Waals surface area contributed by atoms with Crippen molar-refractivity contribution >= 4 is 22.7 Å². The molecule has 0 aliphatic carbocycles. The second-order valence-electron chi connectivity index (χ2n) is 7.27. The minimum absolute atomic E-state index is 0.148. The Hall–Kier alpha value is -4.66. The Bertz CT molecular complexity index is 1460. The van der Waals surface area contributed by atoms with Crippen LogP contribution in [0.5, 0.6) is 5.75 Å². The molecule has 1 aromatic heterocycles. The molecule has 0 aliphatic rings. The monoisotopic (exact) mass is 444 g/mol. The molecular weight excluding hydrogens is 424 g/mol. The van der Waals surface area contributed by atoms with Gasteiger partial charge in [0.05, 0.1) is 16.6 Å². The average molecular weight is 444 g/mol. The first-order valence-electron chi connectivity index (χ1n) is 10.1. The smallest absolute Gasteiger partial charge is 0.333 e. The summed E-state index contributed by atoms with van der Waals surface area (Å²) in [5, 5.41) is 0.241. The maximum Gasteiger partial charge on any atom is 0.333 e. The number of nitrogens with zero attached hydrogens (tertiary/aromatic N) is 1. The highest BCUT2D eigenvalue weighted by atomic mass is 16.5. The Morgan fingerprint density at radius 1 is 0.939 bits per heavy atom. The molecule has 33 heavy (non-hydrogen) atoms. The van der Waals surface area contributed by atoms with Crippen LogP contribution < -0.4 is 26.8 Å². The highest BCUT2D eigenvalue weighted by Gasteiger charge is 2.13. The molecule has 0 spiro atoms. The van der Waals surface area contributed by atoms with E-state index < -0.39 is 23.1 Å². The summed E-state index contributed by atoms with van der Waals surface area (Å²) in [6.45, 7) is 1.62. The van der Waals surface area contributed by atoms with Crippen LogP contribution in [0.1, 0.15) is 15.9 Å². The van der Waals surface area contributed by atoms with Gasteiger partial charge < -0.3 is 9.72 Å². The number of aromatic nitrogens is 2. The van der Waals surface area contributed by atoms with E-state index in [4.69, 9.17) is 4.74 Å². The molecule has 9 heteroatoms. The molecule has 0 saturated heterocycles. The van der Waals surface area contributed by atoms with Gasteiger partial charge in [-0.3, -0.25) is 25.2 Å². The van der Waals surface area contributed by atoms with Gasteiger partial charge in [-0.2, -0.15) is 0 Å². The van der Waals surface area contributed by atoms with Crippen LogP contribution in [0, 0.1) is 6.92 Å². The number of H-pyrrole nitrogens is 1. The summed E-state index contributed by atoms with van der Waals surface area (Å²) in [6, 6.07) is 20.0. The van der Waals surface area contributed by atoms with Gasteiger partial charge in [-0.05, 0) is 55.0 Å². The van der Waals surface area contributed by atoms with Crippen LogP contribution in [0.15, 0.2) is 82.4 Å². The lowest BCUT2D eigenvalue weighted by Crippen LogP contribution is -2.43. The highest BCUT2D eigenvalue weighted by molar-refractivity contribution is 5.98. The number of amides is 2. The van der Waals surface area contributed by atoms with Crippen molar-refractivity contribution < 1.29 is 14.3 Å². The van der Waals surface area contributed by atoms with E-state index in [1.54, 1.807) is 42.5 Å². The van der Waals surface area contributed by atoms with E-state index in [1.165, 1.54) is 18.2 Å². The molecule has 166 valence electrons. The van der Waals surface area contributed by atoms with Gasteiger partial charge in [0.2, 0.25) is 0 Å². The number of aromatic amines is 1. The summed E-state index contributed by atoms with van der Waals surface area (Å²) < 4.78 is 6.40. The van der Waals surface area contributed by atoms with Gasteiger partial charge in [-0.1, -0.05) is 30.3 Å². The van der Waals surface area contributed by atoms with Crippen molar-refractivity contribution in [3.63, 3.8) is 0 Å². The number of carbonyl (C=O) groups excluding carboxylic acids is 2. The van der Waals surface area contributed by atoms with Crippen LogP contribution in [0.3, 0.4) is 0 Å². The fraction of sp³-hybridized carbons (Fsp3) is 0.0833. The number of para-hydroxylation sites is 1. The minimum Gasteiger partial charge on any atom is -0.484 e. The number of aryl methyl sites for hydroxylation is 1. The van der Waals surface area contributed by atoms with Crippen molar-refractivity contribution in [3.05, 3.63) is 105 Å². The Labute approximate surface area is 187 Å². The molecule has 0 bridgehead atoms.